The minimum atomic E-state index is -0.0683. The summed E-state index contributed by atoms with van der Waals surface area (Å²) in [4.78, 5) is 20.4. The van der Waals surface area contributed by atoms with E-state index in [1.807, 2.05) is 39.3 Å². The van der Waals surface area contributed by atoms with Crippen LogP contribution in [0.25, 0.3) is 0 Å². The molecule has 1 amide bonds. The van der Waals surface area contributed by atoms with Crippen LogP contribution in [0.15, 0.2) is 24.5 Å². The fourth-order valence-electron chi connectivity index (χ4n) is 3.03. The summed E-state index contributed by atoms with van der Waals surface area (Å²) in [5.74, 6) is 0.164. The van der Waals surface area contributed by atoms with Crippen molar-refractivity contribution in [2.24, 2.45) is 5.73 Å². The van der Waals surface area contributed by atoms with Gasteiger partial charge >= 0.3 is 0 Å². The van der Waals surface area contributed by atoms with E-state index in [9.17, 15) is 4.79 Å². The lowest BCUT2D eigenvalue weighted by Crippen LogP contribution is -2.48. The van der Waals surface area contributed by atoms with Crippen LogP contribution >= 0.6 is 0 Å². The maximum absolute atomic E-state index is 12.3. The van der Waals surface area contributed by atoms with E-state index in [4.69, 9.17) is 5.73 Å². The number of rotatable bonds is 4. The molecule has 20 heavy (non-hydrogen) atoms. The molecule has 1 saturated heterocycles. The van der Waals surface area contributed by atoms with Crippen LogP contribution in [0, 0.1) is 0 Å². The van der Waals surface area contributed by atoms with Gasteiger partial charge in [0, 0.05) is 32.5 Å². The Morgan fingerprint density at radius 1 is 1.55 bits per heavy atom. The van der Waals surface area contributed by atoms with E-state index in [1.165, 1.54) is 0 Å². The molecule has 3 atom stereocenters. The smallest absolute Gasteiger partial charge is 0.239 e. The van der Waals surface area contributed by atoms with Crippen LogP contribution in [-0.2, 0) is 4.79 Å². The van der Waals surface area contributed by atoms with Gasteiger partial charge in [-0.1, -0.05) is 6.07 Å². The van der Waals surface area contributed by atoms with Gasteiger partial charge in [-0.25, -0.2) is 0 Å². The molecular weight excluding hydrogens is 252 g/mol. The molecule has 5 heteroatoms. The monoisotopic (exact) mass is 276 g/mol. The summed E-state index contributed by atoms with van der Waals surface area (Å²) in [6.45, 7) is 2.90. The molecule has 0 radical (unpaired) electrons. The van der Waals surface area contributed by atoms with Crippen molar-refractivity contribution in [1.82, 2.24) is 14.8 Å². The second kappa shape index (κ2) is 6.33. The number of amides is 1. The Morgan fingerprint density at radius 3 is 2.85 bits per heavy atom. The van der Waals surface area contributed by atoms with E-state index in [2.05, 4.69) is 9.88 Å². The van der Waals surface area contributed by atoms with Crippen molar-refractivity contribution in [1.29, 1.82) is 0 Å². The molecule has 0 saturated carbocycles. The number of carbonyl (C=O) groups is 1. The maximum Gasteiger partial charge on any atom is 0.239 e. The van der Waals surface area contributed by atoms with Crippen molar-refractivity contribution in [3.63, 3.8) is 0 Å². The number of likely N-dealkylation sites (tertiary alicyclic amines) is 1. The quantitative estimate of drug-likeness (QED) is 0.892. The summed E-state index contributed by atoms with van der Waals surface area (Å²) in [6.07, 6.45) is 5.55. The van der Waals surface area contributed by atoms with Crippen LogP contribution in [0.1, 0.15) is 31.4 Å². The Kier molecular flexibility index (Phi) is 4.73. The van der Waals surface area contributed by atoms with Crippen LogP contribution in [-0.4, -0.2) is 53.4 Å². The van der Waals surface area contributed by atoms with Gasteiger partial charge in [-0.3, -0.25) is 14.7 Å². The zero-order valence-electron chi connectivity index (χ0n) is 12.5. The van der Waals surface area contributed by atoms with Crippen molar-refractivity contribution in [3.8, 4) is 0 Å². The Labute approximate surface area is 120 Å². The molecule has 0 spiro atoms. The third-order valence-corrected chi connectivity index (χ3v) is 3.90. The minimum absolute atomic E-state index is 0.0418. The third kappa shape index (κ3) is 2.99. The van der Waals surface area contributed by atoms with Crippen LogP contribution in [0.3, 0.4) is 0 Å². The number of hydrogen-bond acceptors (Lipinski definition) is 4. The molecule has 2 N–H and O–H groups in total. The van der Waals surface area contributed by atoms with Crippen LogP contribution in [0.5, 0.6) is 0 Å². The van der Waals surface area contributed by atoms with Crippen molar-refractivity contribution in [2.75, 3.05) is 20.6 Å². The first kappa shape index (κ1) is 14.9. The molecule has 2 heterocycles. The van der Waals surface area contributed by atoms with Gasteiger partial charge in [0.25, 0.3) is 0 Å². The number of aromatic nitrogens is 1. The molecule has 0 aromatic carbocycles. The number of nitrogens with zero attached hydrogens (tertiary/aromatic N) is 3. The summed E-state index contributed by atoms with van der Waals surface area (Å²) >= 11 is 0. The molecule has 1 aromatic rings. The molecule has 1 fully saturated rings. The predicted molar refractivity (Wildman–Crippen MR) is 79.0 cm³/mol. The van der Waals surface area contributed by atoms with Gasteiger partial charge < -0.3 is 10.6 Å². The maximum atomic E-state index is 12.3. The topological polar surface area (TPSA) is 62.5 Å². The summed E-state index contributed by atoms with van der Waals surface area (Å²) in [7, 11) is 3.62. The Bertz CT molecular complexity index is 446. The van der Waals surface area contributed by atoms with Gasteiger partial charge in [0.1, 0.15) is 0 Å². The standard InChI is InChI=1S/C15H24N4O/c1-11(16)14(12-6-4-8-17-10-12)19-9-5-7-13(19)15(20)18(2)3/h4,6,8,10-11,13-14H,5,7,9,16H2,1-3H3. The Hall–Kier alpha value is -1.46. The Balaban J connectivity index is 2.27. The fraction of sp³-hybridized carbons (Fsp3) is 0.600. The van der Waals surface area contributed by atoms with E-state index in [1.54, 1.807) is 11.1 Å². The summed E-state index contributed by atoms with van der Waals surface area (Å²) < 4.78 is 0. The van der Waals surface area contributed by atoms with E-state index >= 15 is 0 Å². The normalized spacial score (nSPS) is 22.5. The largest absolute Gasteiger partial charge is 0.347 e. The zero-order valence-corrected chi connectivity index (χ0v) is 12.5. The average Bonchev–Trinajstić information content (AvgIpc) is 2.87. The predicted octanol–water partition coefficient (Wildman–Crippen LogP) is 1.02. The molecule has 110 valence electrons. The third-order valence-electron chi connectivity index (χ3n) is 3.90. The van der Waals surface area contributed by atoms with Crippen molar-refractivity contribution >= 4 is 5.91 Å². The number of hydrogen-bond donors (Lipinski definition) is 1. The molecule has 1 aliphatic rings. The molecule has 3 unspecified atom stereocenters. The van der Waals surface area contributed by atoms with E-state index in [-0.39, 0.29) is 24.0 Å². The van der Waals surface area contributed by atoms with Gasteiger partial charge in [-0.15, -0.1) is 0 Å². The van der Waals surface area contributed by atoms with Crippen LogP contribution in [0.4, 0.5) is 0 Å². The first-order valence-electron chi connectivity index (χ1n) is 7.14. The first-order chi connectivity index (χ1) is 9.52. The minimum Gasteiger partial charge on any atom is -0.347 e. The van der Waals surface area contributed by atoms with E-state index in [0.717, 1.165) is 24.9 Å². The lowest BCUT2D eigenvalue weighted by atomic mass is 9.99. The zero-order chi connectivity index (χ0) is 14.7. The molecule has 0 bridgehead atoms. The second-order valence-corrected chi connectivity index (χ2v) is 5.72. The SMILES string of the molecule is CC(N)C(c1cccnc1)N1CCCC1C(=O)N(C)C. The van der Waals surface area contributed by atoms with Crippen LogP contribution in [0.2, 0.25) is 0 Å². The first-order valence-corrected chi connectivity index (χ1v) is 7.14. The molecule has 1 aliphatic heterocycles. The van der Waals surface area contributed by atoms with Gasteiger partial charge in [-0.2, -0.15) is 0 Å². The second-order valence-electron chi connectivity index (χ2n) is 5.72. The highest BCUT2D eigenvalue weighted by Gasteiger charge is 2.38. The lowest BCUT2D eigenvalue weighted by Gasteiger charge is -2.35. The van der Waals surface area contributed by atoms with Gasteiger partial charge in [0.05, 0.1) is 12.1 Å². The van der Waals surface area contributed by atoms with Gasteiger partial charge in [0.2, 0.25) is 5.91 Å². The number of pyridine rings is 1. The lowest BCUT2D eigenvalue weighted by molar-refractivity contribution is -0.134. The van der Waals surface area contributed by atoms with Crippen molar-refractivity contribution in [2.45, 2.75) is 37.9 Å². The average molecular weight is 276 g/mol. The molecule has 1 aromatic heterocycles. The molecule has 5 nitrogen and oxygen atoms in total. The number of carbonyl (C=O) groups excluding carboxylic acids is 1. The van der Waals surface area contributed by atoms with Crippen molar-refractivity contribution < 1.29 is 4.79 Å². The summed E-state index contributed by atoms with van der Waals surface area (Å²) in [5, 5.41) is 0. The van der Waals surface area contributed by atoms with Gasteiger partial charge in [-0.05, 0) is 37.9 Å². The Morgan fingerprint density at radius 2 is 2.30 bits per heavy atom. The number of likely N-dealkylation sites (N-methyl/N-ethyl adjacent to an activating group) is 1. The summed E-state index contributed by atoms with van der Waals surface area (Å²) in [5.41, 5.74) is 7.28. The highest BCUT2D eigenvalue weighted by atomic mass is 16.2. The number of nitrogens with two attached hydrogens (primary N) is 1. The van der Waals surface area contributed by atoms with E-state index in [0.29, 0.717) is 0 Å². The molecule has 0 aliphatic carbocycles. The fourth-order valence-corrected chi connectivity index (χ4v) is 3.03. The molecular formula is C15H24N4O. The van der Waals surface area contributed by atoms with Crippen LogP contribution < -0.4 is 5.73 Å². The highest BCUT2D eigenvalue weighted by Crippen LogP contribution is 2.31. The van der Waals surface area contributed by atoms with Gasteiger partial charge in [0.15, 0.2) is 0 Å². The summed E-state index contributed by atoms with van der Waals surface area (Å²) in [6, 6.07) is 3.89. The molecule has 2 rings (SSSR count). The van der Waals surface area contributed by atoms with Crippen molar-refractivity contribution in [3.05, 3.63) is 30.1 Å². The van der Waals surface area contributed by atoms with E-state index < -0.39 is 0 Å². The highest BCUT2D eigenvalue weighted by molar-refractivity contribution is 5.81.